The minimum absolute atomic E-state index is 0.0506. The molecule has 1 saturated heterocycles. The molecule has 0 saturated carbocycles. The van der Waals surface area contributed by atoms with Crippen LogP contribution in [0.15, 0.2) is 72.9 Å². The largest absolute Gasteiger partial charge is 0.382 e. The quantitative estimate of drug-likeness (QED) is 0.0277. The molecule has 332 valence electrons. The number of aromatic nitrogens is 3. The number of carbonyl (C=O) groups excluding carboxylic acids is 7. The number of nitrogens with one attached hydrogen (secondary N) is 5. The second-order valence-corrected chi connectivity index (χ2v) is 15.2. The van der Waals surface area contributed by atoms with E-state index < -0.39 is 35.6 Å². The molecule has 3 heterocycles. The van der Waals surface area contributed by atoms with Crippen molar-refractivity contribution in [1.82, 2.24) is 35.6 Å². The summed E-state index contributed by atoms with van der Waals surface area (Å²) in [5.41, 5.74) is 5.66. The molecule has 4 aromatic rings. The Hall–Kier alpha value is -6.99. The van der Waals surface area contributed by atoms with Crippen molar-refractivity contribution in [1.29, 1.82) is 0 Å². The summed E-state index contributed by atoms with van der Waals surface area (Å²) in [6.07, 6.45) is 7.19. The van der Waals surface area contributed by atoms with Gasteiger partial charge in [0.25, 0.3) is 17.7 Å². The van der Waals surface area contributed by atoms with Crippen LogP contribution >= 0.6 is 0 Å². The van der Waals surface area contributed by atoms with Crippen LogP contribution in [0, 0.1) is 0 Å². The second-order valence-electron chi connectivity index (χ2n) is 15.2. The molecule has 63 heavy (non-hydrogen) atoms. The SMILES string of the molecule is CCCCN(Cc1ccc(C(=O)NO)cc1)C(=O)Nc1ccc(NC(=O)CCCCCc2cn(CCOCCNc3cccc4c3C(=O)N(C3CCC(=O)NC3=O)C4=O)nn2)cc1. The van der Waals surface area contributed by atoms with Gasteiger partial charge < -0.3 is 25.6 Å². The minimum atomic E-state index is -1.03. The topological polar surface area (TPSA) is 246 Å². The lowest BCUT2D eigenvalue weighted by Crippen LogP contribution is -2.54. The Labute approximate surface area is 363 Å². The van der Waals surface area contributed by atoms with E-state index in [0.717, 1.165) is 41.8 Å². The summed E-state index contributed by atoms with van der Waals surface area (Å²) in [5, 5.41) is 28.4. The Balaban J connectivity index is 0.835. The van der Waals surface area contributed by atoms with Gasteiger partial charge in [-0.05, 0) is 86.2 Å². The summed E-state index contributed by atoms with van der Waals surface area (Å²) >= 11 is 0. The first-order valence-corrected chi connectivity index (χ1v) is 21.1. The predicted octanol–water partition coefficient (Wildman–Crippen LogP) is 4.50. The summed E-state index contributed by atoms with van der Waals surface area (Å²) in [4.78, 5) is 90.4. The first-order chi connectivity index (χ1) is 30.5. The number of piperidine rings is 1. The van der Waals surface area contributed by atoms with Crippen molar-refractivity contribution in [2.45, 2.75) is 83.8 Å². The van der Waals surface area contributed by atoms with Crippen molar-refractivity contribution in [3.05, 3.63) is 101 Å². The molecule has 0 bridgehead atoms. The number of benzene rings is 3. The number of nitrogens with zero attached hydrogens (tertiary/aromatic N) is 5. The van der Waals surface area contributed by atoms with Crippen LogP contribution in [0.3, 0.4) is 0 Å². The predicted molar refractivity (Wildman–Crippen MR) is 230 cm³/mol. The number of anilines is 3. The van der Waals surface area contributed by atoms with Gasteiger partial charge in [-0.15, -0.1) is 5.10 Å². The summed E-state index contributed by atoms with van der Waals surface area (Å²) in [6.45, 7) is 4.46. The lowest BCUT2D eigenvalue weighted by atomic mass is 10.0. The number of hydrogen-bond donors (Lipinski definition) is 6. The third-order valence-electron chi connectivity index (χ3n) is 10.6. The van der Waals surface area contributed by atoms with E-state index in [0.29, 0.717) is 81.3 Å². The molecule has 0 spiro atoms. The zero-order valence-electron chi connectivity index (χ0n) is 35.1. The van der Waals surface area contributed by atoms with E-state index in [9.17, 15) is 33.6 Å². The van der Waals surface area contributed by atoms with Crippen molar-refractivity contribution < 1.29 is 43.5 Å². The van der Waals surface area contributed by atoms with E-state index in [1.54, 1.807) is 81.8 Å². The number of imide groups is 2. The van der Waals surface area contributed by atoms with Gasteiger partial charge in [0.05, 0.1) is 36.6 Å². The molecule has 0 radical (unpaired) electrons. The molecule has 19 nitrogen and oxygen atoms in total. The molecule has 2 aliphatic heterocycles. The fourth-order valence-corrected chi connectivity index (χ4v) is 7.22. The lowest BCUT2D eigenvalue weighted by Gasteiger charge is -2.27. The minimum Gasteiger partial charge on any atom is -0.382 e. The maximum atomic E-state index is 13.3. The lowest BCUT2D eigenvalue weighted by molar-refractivity contribution is -0.136. The van der Waals surface area contributed by atoms with E-state index in [4.69, 9.17) is 9.94 Å². The van der Waals surface area contributed by atoms with Crippen LogP contribution in [0.2, 0.25) is 0 Å². The highest BCUT2D eigenvalue weighted by Crippen LogP contribution is 2.32. The van der Waals surface area contributed by atoms with Crippen LogP contribution in [0.1, 0.15) is 101 Å². The Bertz CT molecular complexity index is 2280. The van der Waals surface area contributed by atoms with Crippen molar-refractivity contribution >= 4 is 58.5 Å². The van der Waals surface area contributed by atoms with Crippen molar-refractivity contribution in [3.63, 3.8) is 0 Å². The molecule has 8 amide bonds. The number of unbranched alkanes of at least 4 members (excludes halogenated alkanes) is 3. The van der Waals surface area contributed by atoms with Gasteiger partial charge in [0.1, 0.15) is 6.04 Å². The van der Waals surface area contributed by atoms with Crippen LogP contribution in [-0.4, -0.2) is 104 Å². The number of ether oxygens (including phenoxy) is 1. The van der Waals surface area contributed by atoms with Gasteiger partial charge in [0.15, 0.2) is 0 Å². The highest BCUT2D eigenvalue weighted by Gasteiger charge is 2.45. The van der Waals surface area contributed by atoms with Gasteiger partial charge in [-0.1, -0.05) is 43.2 Å². The number of carbonyl (C=O) groups is 7. The number of urea groups is 1. The van der Waals surface area contributed by atoms with E-state index in [1.165, 1.54) is 0 Å². The van der Waals surface area contributed by atoms with Crippen LogP contribution in [0.5, 0.6) is 0 Å². The number of fused-ring (bicyclic) bond motifs is 1. The second kappa shape index (κ2) is 22.2. The molecule has 19 heteroatoms. The normalized spacial score (nSPS) is 14.6. The average Bonchev–Trinajstić information content (AvgIpc) is 3.84. The third kappa shape index (κ3) is 12.3. The Morgan fingerprint density at radius 1 is 0.905 bits per heavy atom. The standard InChI is InChI=1S/C44H52N10O9/c1-2-3-23-52(27-29-12-14-30(15-13-29)40(57)50-62)44(61)47-32-18-16-31(17-19-32)46-37(55)11-6-4-5-8-33-28-53(51-49-33)24-26-63-25-22-45-35-10-7-9-34-39(35)43(60)54(42(34)59)36-20-21-38(56)48-41(36)58/h7,9-10,12-19,28,36,45,62H,2-6,8,11,20-27H2,1H3,(H,46,55)(H,47,61)(H,50,57)(H,48,56,58). The fraction of sp³-hybridized carbons (Fsp3) is 0.386. The smallest absolute Gasteiger partial charge is 0.322 e. The molecule has 0 aliphatic carbocycles. The molecule has 2 aliphatic rings. The summed E-state index contributed by atoms with van der Waals surface area (Å²) in [5.74, 6) is -2.93. The van der Waals surface area contributed by atoms with Crippen LogP contribution in [0.25, 0.3) is 0 Å². The zero-order chi connectivity index (χ0) is 44.7. The molecule has 6 N–H and O–H groups in total. The first-order valence-electron chi connectivity index (χ1n) is 21.1. The molecule has 1 fully saturated rings. The maximum Gasteiger partial charge on any atom is 0.322 e. The summed E-state index contributed by atoms with van der Waals surface area (Å²) < 4.78 is 7.46. The van der Waals surface area contributed by atoms with Gasteiger partial charge in [-0.25, -0.2) is 15.0 Å². The number of amides is 8. The van der Waals surface area contributed by atoms with Gasteiger partial charge in [0, 0.05) is 61.3 Å². The van der Waals surface area contributed by atoms with Crippen LogP contribution in [-0.2, 0) is 38.6 Å². The number of hydrogen-bond acceptors (Lipinski definition) is 12. The zero-order valence-corrected chi connectivity index (χ0v) is 35.1. The van der Waals surface area contributed by atoms with Gasteiger partial charge in [-0.3, -0.25) is 44.2 Å². The average molecular weight is 865 g/mol. The van der Waals surface area contributed by atoms with Crippen LogP contribution < -0.4 is 26.7 Å². The van der Waals surface area contributed by atoms with Crippen molar-refractivity contribution in [2.75, 3.05) is 42.3 Å². The van der Waals surface area contributed by atoms with Crippen LogP contribution in [0.4, 0.5) is 21.9 Å². The summed E-state index contributed by atoms with van der Waals surface area (Å²) in [6, 6.07) is 17.2. The van der Waals surface area contributed by atoms with Gasteiger partial charge >= 0.3 is 6.03 Å². The molecule has 6 rings (SSSR count). The maximum absolute atomic E-state index is 13.3. The monoisotopic (exact) mass is 864 g/mol. The van der Waals surface area contributed by atoms with E-state index in [1.807, 2.05) is 13.1 Å². The van der Waals surface area contributed by atoms with Crippen molar-refractivity contribution in [3.8, 4) is 0 Å². The first kappa shape index (κ1) is 45.5. The van der Waals surface area contributed by atoms with E-state index in [-0.39, 0.29) is 35.9 Å². The Kier molecular flexibility index (Phi) is 16.0. The molecule has 1 unspecified atom stereocenters. The molecule has 3 aromatic carbocycles. The Morgan fingerprint density at radius 3 is 2.40 bits per heavy atom. The Morgan fingerprint density at radius 2 is 1.67 bits per heavy atom. The molecule has 1 atom stereocenters. The molecular weight excluding hydrogens is 813 g/mol. The third-order valence-corrected chi connectivity index (χ3v) is 10.6. The van der Waals surface area contributed by atoms with Gasteiger partial charge in [-0.2, -0.15) is 0 Å². The highest BCUT2D eigenvalue weighted by molar-refractivity contribution is 6.25. The van der Waals surface area contributed by atoms with E-state index in [2.05, 4.69) is 31.6 Å². The number of hydroxylamine groups is 1. The van der Waals surface area contributed by atoms with E-state index >= 15 is 0 Å². The molecule has 1 aromatic heterocycles. The molecular formula is C44H52N10O9. The van der Waals surface area contributed by atoms with Gasteiger partial charge in [0.2, 0.25) is 17.7 Å². The highest BCUT2D eigenvalue weighted by atomic mass is 16.5. The fourth-order valence-electron chi connectivity index (χ4n) is 7.22. The number of aryl methyl sites for hydroxylation is 1. The number of rotatable bonds is 22. The van der Waals surface area contributed by atoms with Crippen molar-refractivity contribution in [2.24, 2.45) is 0 Å². The summed E-state index contributed by atoms with van der Waals surface area (Å²) in [7, 11) is 0.